The van der Waals surface area contributed by atoms with E-state index in [1.54, 1.807) is 0 Å². The molecular weight excluding hydrogens is 314 g/mol. The van der Waals surface area contributed by atoms with Crippen molar-refractivity contribution in [2.45, 2.75) is 33.2 Å². The lowest BCUT2D eigenvalue weighted by molar-refractivity contribution is -0.150. The molecule has 4 heteroatoms. The van der Waals surface area contributed by atoms with Crippen molar-refractivity contribution < 1.29 is 14.3 Å². The Balaban J connectivity index is 2.02. The van der Waals surface area contributed by atoms with Crippen molar-refractivity contribution in [1.29, 1.82) is 0 Å². The highest BCUT2D eigenvalue weighted by molar-refractivity contribution is 5.81. The minimum atomic E-state index is -0.362. The Morgan fingerprint density at radius 2 is 1.40 bits per heavy atom. The fraction of sp³-hybridized carbons (Fsp3) is 0.333. The van der Waals surface area contributed by atoms with E-state index in [2.05, 4.69) is 5.32 Å². The molecule has 0 fully saturated rings. The van der Waals surface area contributed by atoms with Crippen LogP contribution in [-0.4, -0.2) is 18.5 Å². The first-order chi connectivity index (χ1) is 11.8. The van der Waals surface area contributed by atoms with E-state index in [1.165, 1.54) is 0 Å². The lowest BCUT2D eigenvalue weighted by Gasteiger charge is -2.20. The molecular formula is C21H25NO3. The van der Waals surface area contributed by atoms with E-state index >= 15 is 0 Å². The van der Waals surface area contributed by atoms with Crippen molar-refractivity contribution in [1.82, 2.24) is 5.32 Å². The van der Waals surface area contributed by atoms with Gasteiger partial charge in [-0.25, -0.2) is 0 Å². The van der Waals surface area contributed by atoms with Gasteiger partial charge >= 0.3 is 5.97 Å². The molecule has 0 aliphatic rings. The van der Waals surface area contributed by atoms with E-state index in [-0.39, 0.29) is 36.4 Å². The minimum absolute atomic E-state index is 0.163. The average Bonchev–Trinajstić information content (AvgIpc) is 2.58. The van der Waals surface area contributed by atoms with Gasteiger partial charge in [-0.05, 0) is 16.5 Å². The highest BCUT2D eigenvalue weighted by Gasteiger charge is 2.20. The molecule has 2 aromatic rings. The van der Waals surface area contributed by atoms with Crippen LogP contribution in [0.3, 0.4) is 0 Å². The first-order valence-electron chi connectivity index (χ1n) is 8.40. The van der Waals surface area contributed by atoms with Crippen molar-refractivity contribution in [2.24, 2.45) is 5.41 Å². The molecule has 0 aromatic heterocycles. The third kappa shape index (κ3) is 6.42. The summed E-state index contributed by atoms with van der Waals surface area (Å²) >= 11 is 0. The molecule has 4 nitrogen and oxygen atoms in total. The van der Waals surface area contributed by atoms with Crippen molar-refractivity contribution in [3.05, 3.63) is 71.8 Å². The summed E-state index contributed by atoms with van der Waals surface area (Å²) in [6.07, 6.45) is 0.279. The van der Waals surface area contributed by atoms with E-state index in [4.69, 9.17) is 4.74 Å². The zero-order chi connectivity index (χ0) is 18.3. The molecule has 0 unspecified atom stereocenters. The number of rotatable bonds is 6. The van der Waals surface area contributed by atoms with Gasteiger partial charge in [-0.3, -0.25) is 9.59 Å². The summed E-state index contributed by atoms with van der Waals surface area (Å²) in [6.45, 7) is 5.59. The molecule has 0 aliphatic carbocycles. The molecule has 2 aromatic carbocycles. The van der Waals surface area contributed by atoms with Gasteiger partial charge < -0.3 is 10.1 Å². The second-order valence-corrected chi connectivity index (χ2v) is 7.22. The first kappa shape index (κ1) is 18.7. The molecule has 25 heavy (non-hydrogen) atoms. The summed E-state index contributed by atoms with van der Waals surface area (Å²) in [5.41, 5.74) is 1.79. The number of ether oxygens (including phenoxy) is 1. The first-order valence-corrected chi connectivity index (χ1v) is 8.40. The lowest BCUT2D eigenvalue weighted by Crippen LogP contribution is -2.33. The number of hydrogen-bond acceptors (Lipinski definition) is 3. The molecule has 0 atom stereocenters. The summed E-state index contributed by atoms with van der Waals surface area (Å²) < 4.78 is 5.10. The van der Waals surface area contributed by atoms with E-state index < -0.39 is 0 Å². The van der Waals surface area contributed by atoms with Gasteiger partial charge in [0.2, 0.25) is 0 Å². The molecule has 2 rings (SSSR count). The molecule has 0 saturated carbocycles. The second kappa shape index (κ2) is 8.47. The van der Waals surface area contributed by atoms with Crippen LogP contribution in [0.5, 0.6) is 0 Å². The highest BCUT2D eigenvalue weighted by Crippen LogP contribution is 2.22. The van der Waals surface area contributed by atoms with Crippen molar-refractivity contribution in [3.8, 4) is 0 Å². The normalized spacial score (nSPS) is 11.2. The minimum Gasteiger partial charge on any atom is -0.456 e. The maximum Gasteiger partial charge on any atom is 0.306 e. The molecule has 0 heterocycles. The Hall–Kier alpha value is -2.62. The molecule has 1 amide bonds. The number of hydrogen-bond donors (Lipinski definition) is 1. The van der Waals surface area contributed by atoms with Crippen LogP contribution in [0.1, 0.15) is 44.4 Å². The standard InChI is InChI=1S/C21H25NO3/c1-21(2,3)14-19(24)25-15-18(23)22-20(16-10-6-4-7-11-16)17-12-8-5-9-13-17/h4-13,20H,14-15H2,1-3H3,(H,22,23). The summed E-state index contributed by atoms with van der Waals surface area (Å²) in [6, 6.07) is 19.2. The second-order valence-electron chi connectivity index (χ2n) is 7.22. The van der Waals surface area contributed by atoms with Crippen LogP contribution in [0.15, 0.2) is 60.7 Å². The van der Waals surface area contributed by atoms with Crippen LogP contribution in [0.4, 0.5) is 0 Å². The Kier molecular flexibility index (Phi) is 6.34. The van der Waals surface area contributed by atoms with Gasteiger partial charge in [0, 0.05) is 0 Å². The number of benzene rings is 2. The number of esters is 1. The molecule has 0 spiro atoms. The third-order valence-corrected chi connectivity index (χ3v) is 3.61. The summed E-state index contributed by atoms with van der Waals surface area (Å²) in [4.78, 5) is 24.1. The smallest absolute Gasteiger partial charge is 0.306 e. The van der Waals surface area contributed by atoms with Crippen molar-refractivity contribution in [3.63, 3.8) is 0 Å². The zero-order valence-electron chi connectivity index (χ0n) is 15.0. The van der Waals surface area contributed by atoms with Gasteiger partial charge in [0.1, 0.15) is 0 Å². The van der Waals surface area contributed by atoms with Gasteiger partial charge in [-0.2, -0.15) is 0 Å². The van der Waals surface area contributed by atoms with Gasteiger partial charge in [0.25, 0.3) is 5.91 Å². The van der Waals surface area contributed by atoms with Crippen LogP contribution in [-0.2, 0) is 14.3 Å². The van der Waals surface area contributed by atoms with Crippen LogP contribution in [0.2, 0.25) is 0 Å². The van der Waals surface area contributed by atoms with Gasteiger partial charge in [-0.1, -0.05) is 81.4 Å². The largest absolute Gasteiger partial charge is 0.456 e. The Labute approximate surface area is 149 Å². The number of nitrogens with one attached hydrogen (secondary N) is 1. The molecule has 132 valence electrons. The molecule has 0 aliphatic heterocycles. The predicted octanol–water partition coefficient (Wildman–Crippen LogP) is 3.87. The quantitative estimate of drug-likeness (QED) is 0.813. The monoisotopic (exact) mass is 339 g/mol. The van der Waals surface area contributed by atoms with Gasteiger partial charge in [-0.15, -0.1) is 0 Å². The molecule has 0 saturated heterocycles. The van der Waals surface area contributed by atoms with Gasteiger partial charge in [0.15, 0.2) is 6.61 Å². The molecule has 1 N–H and O–H groups in total. The fourth-order valence-electron chi connectivity index (χ4n) is 2.48. The van der Waals surface area contributed by atoms with Crippen molar-refractivity contribution >= 4 is 11.9 Å². The third-order valence-electron chi connectivity index (χ3n) is 3.61. The van der Waals surface area contributed by atoms with Gasteiger partial charge in [0.05, 0.1) is 12.5 Å². The Morgan fingerprint density at radius 3 is 1.84 bits per heavy atom. The lowest BCUT2D eigenvalue weighted by atomic mass is 9.92. The molecule has 0 bridgehead atoms. The fourth-order valence-corrected chi connectivity index (χ4v) is 2.48. The predicted molar refractivity (Wildman–Crippen MR) is 97.9 cm³/mol. The van der Waals surface area contributed by atoms with Crippen LogP contribution in [0, 0.1) is 5.41 Å². The summed E-state index contributed by atoms with van der Waals surface area (Å²) in [5, 5.41) is 2.95. The number of amides is 1. The summed E-state index contributed by atoms with van der Waals surface area (Å²) in [7, 11) is 0. The SMILES string of the molecule is CC(C)(C)CC(=O)OCC(=O)NC(c1ccccc1)c1ccccc1. The summed E-state index contributed by atoms with van der Waals surface area (Å²) in [5.74, 6) is -0.682. The van der Waals surface area contributed by atoms with E-state index in [1.807, 2.05) is 81.4 Å². The average molecular weight is 339 g/mol. The topological polar surface area (TPSA) is 55.4 Å². The van der Waals surface area contributed by atoms with Crippen molar-refractivity contribution in [2.75, 3.05) is 6.61 Å². The highest BCUT2D eigenvalue weighted by atomic mass is 16.5. The van der Waals surface area contributed by atoms with E-state index in [9.17, 15) is 9.59 Å². The molecule has 0 radical (unpaired) electrons. The zero-order valence-corrected chi connectivity index (χ0v) is 15.0. The maximum atomic E-state index is 12.3. The Morgan fingerprint density at radius 1 is 0.920 bits per heavy atom. The van der Waals surface area contributed by atoms with Crippen LogP contribution >= 0.6 is 0 Å². The number of carbonyl (C=O) groups excluding carboxylic acids is 2. The van der Waals surface area contributed by atoms with E-state index in [0.717, 1.165) is 11.1 Å². The van der Waals surface area contributed by atoms with Crippen LogP contribution < -0.4 is 5.32 Å². The van der Waals surface area contributed by atoms with E-state index in [0.29, 0.717) is 0 Å². The Bertz CT molecular complexity index is 651. The number of carbonyl (C=O) groups is 2. The van der Waals surface area contributed by atoms with Crippen LogP contribution in [0.25, 0.3) is 0 Å². The maximum absolute atomic E-state index is 12.3.